The summed E-state index contributed by atoms with van der Waals surface area (Å²) in [5.74, 6) is 1.04. The van der Waals surface area contributed by atoms with Crippen molar-refractivity contribution in [2.75, 3.05) is 13.1 Å². The fourth-order valence-corrected chi connectivity index (χ4v) is 5.34. The van der Waals surface area contributed by atoms with E-state index in [9.17, 15) is 9.59 Å². The Balaban J connectivity index is 1.61. The first kappa shape index (κ1) is 21.7. The summed E-state index contributed by atoms with van der Waals surface area (Å²) in [7, 11) is 0. The van der Waals surface area contributed by atoms with E-state index in [1.54, 1.807) is 4.90 Å². The maximum absolute atomic E-state index is 13.6. The Kier molecular flexibility index (Phi) is 5.51. The third-order valence-corrected chi connectivity index (χ3v) is 7.24. The van der Waals surface area contributed by atoms with Gasteiger partial charge in [0.05, 0.1) is 12.6 Å². The van der Waals surface area contributed by atoms with Crippen LogP contribution in [0.4, 0.5) is 0 Å². The molecule has 1 fully saturated rings. The highest BCUT2D eigenvalue weighted by Gasteiger charge is 2.48. The first-order valence-corrected chi connectivity index (χ1v) is 12.1. The minimum Gasteiger partial charge on any atom is -0.356 e. The molecule has 0 aliphatic carbocycles. The van der Waals surface area contributed by atoms with Crippen molar-refractivity contribution in [3.63, 3.8) is 0 Å². The van der Waals surface area contributed by atoms with Crippen molar-refractivity contribution in [2.24, 2.45) is 5.92 Å². The number of nitrogens with zero attached hydrogens (tertiary/aromatic N) is 2. The summed E-state index contributed by atoms with van der Waals surface area (Å²) >= 11 is 0. The molecule has 1 aromatic heterocycles. The van der Waals surface area contributed by atoms with Crippen LogP contribution < -0.4 is 0 Å². The minimum absolute atomic E-state index is 0.0330. The molecule has 1 saturated heterocycles. The number of rotatable bonds is 5. The molecule has 0 spiro atoms. The number of carbonyl (C=O) groups is 2. The Morgan fingerprint density at radius 3 is 2.42 bits per heavy atom. The molecule has 33 heavy (non-hydrogen) atoms. The van der Waals surface area contributed by atoms with Gasteiger partial charge in [0, 0.05) is 29.6 Å². The number of hydrogen-bond acceptors (Lipinski definition) is 2. The second kappa shape index (κ2) is 8.36. The number of amides is 2. The smallest absolute Gasteiger partial charge is 0.246 e. The summed E-state index contributed by atoms with van der Waals surface area (Å²) in [6.45, 7) is 9.47. The second-order valence-electron chi connectivity index (χ2n) is 10.2. The van der Waals surface area contributed by atoms with Crippen LogP contribution in [0.3, 0.4) is 0 Å². The number of para-hydroxylation sites is 1. The third kappa shape index (κ3) is 3.73. The van der Waals surface area contributed by atoms with E-state index in [0.29, 0.717) is 24.8 Å². The molecule has 0 bridgehead atoms. The van der Waals surface area contributed by atoms with Crippen LogP contribution in [0.5, 0.6) is 0 Å². The Morgan fingerprint density at radius 1 is 1.00 bits per heavy atom. The summed E-state index contributed by atoms with van der Waals surface area (Å²) in [5, 5.41) is 1.15. The number of piperazine rings is 1. The molecule has 2 aromatic carbocycles. The fraction of sp³-hybridized carbons (Fsp3) is 0.429. The largest absolute Gasteiger partial charge is 0.356 e. The van der Waals surface area contributed by atoms with Gasteiger partial charge in [-0.15, -0.1) is 0 Å². The molecule has 2 atom stereocenters. The lowest BCUT2D eigenvalue weighted by Crippen LogP contribution is -2.63. The Hall–Kier alpha value is -3.08. The number of nitrogens with one attached hydrogen (secondary N) is 1. The molecule has 0 radical (unpaired) electrons. The van der Waals surface area contributed by atoms with Crippen molar-refractivity contribution < 1.29 is 9.59 Å². The van der Waals surface area contributed by atoms with Crippen LogP contribution in [0, 0.1) is 5.92 Å². The van der Waals surface area contributed by atoms with Gasteiger partial charge >= 0.3 is 0 Å². The van der Waals surface area contributed by atoms with Crippen LogP contribution in [0.1, 0.15) is 68.5 Å². The molecule has 3 heterocycles. The molecule has 5 nitrogen and oxygen atoms in total. The van der Waals surface area contributed by atoms with E-state index >= 15 is 0 Å². The number of fused-ring (bicyclic) bond motifs is 4. The van der Waals surface area contributed by atoms with Gasteiger partial charge in [-0.05, 0) is 41.0 Å². The summed E-state index contributed by atoms with van der Waals surface area (Å²) in [6, 6.07) is 16.1. The zero-order chi connectivity index (χ0) is 23.3. The van der Waals surface area contributed by atoms with E-state index in [1.165, 1.54) is 5.56 Å². The molecule has 0 saturated carbocycles. The molecule has 0 unspecified atom stereocenters. The van der Waals surface area contributed by atoms with Crippen LogP contribution >= 0.6 is 0 Å². The molecule has 5 rings (SSSR count). The van der Waals surface area contributed by atoms with Crippen LogP contribution in [0.15, 0.2) is 48.5 Å². The Bertz CT molecular complexity index is 1190. The lowest BCUT2D eigenvalue weighted by Gasteiger charge is -2.47. The van der Waals surface area contributed by atoms with Crippen molar-refractivity contribution >= 4 is 22.7 Å². The van der Waals surface area contributed by atoms with Gasteiger partial charge in [-0.1, -0.05) is 70.2 Å². The van der Waals surface area contributed by atoms with Crippen molar-refractivity contribution in [2.45, 2.75) is 58.5 Å². The van der Waals surface area contributed by atoms with E-state index in [2.05, 4.69) is 69.1 Å². The van der Waals surface area contributed by atoms with Gasteiger partial charge in [0.15, 0.2) is 0 Å². The average molecular weight is 444 g/mol. The van der Waals surface area contributed by atoms with Crippen molar-refractivity contribution in [3.05, 3.63) is 70.9 Å². The predicted molar refractivity (Wildman–Crippen MR) is 131 cm³/mol. The zero-order valence-corrected chi connectivity index (χ0v) is 20.0. The summed E-state index contributed by atoms with van der Waals surface area (Å²) < 4.78 is 0. The summed E-state index contributed by atoms with van der Waals surface area (Å²) in [4.78, 5) is 34.4. The van der Waals surface area contributed by atoms with Crippen LogP contribution in [0.2, 0.25) is 0 Å². The maximum Gasteiger partial charge on any atom is 0.246 e. The predicted octanol–water partition coefficient (Wildman–Crippen LogP) is 5.02. The van der Waals surface area contributed by atoms with E-state index in [4.69, 9.17) is 0 Å². The molecule has 2 amide bonds. The standard InChI is InChI=1S/C28H33N3O2/c1-17(2)13-14-30-16-25(32)31-24(28(30)33)15-22-21-7-5-6-8-23(21)29-26(22)27(31)20-11-9-19(10-12-20)18(3)4/h5-12,17-18,24,27,29H,13-16H2,1-4H3/t24-,27+/m0/s1. The molecule has 5 heteroatoms. The van der Waals surface area contributed by atoms with E-state index in [0.717, 1.165) is 34.1 Å². The van der Waals surface area contributed by atoms with E-state index in [1.807, 2.05) is 17.0 Å². The van der Waals surface area contributed by atoms with Crippen LogP contribution in [-0.2, 0) is 16.0 Å². The quantitative estimate of drug-likeness (QED) is 0.602. The van der Waals surface area contributed by atoms with Crippen molar-refractivity contribution in [3.8, 4) is 0 Å². The SMILES string of the molecule is CC(C)CCN1CC(=O)N2[C@H](c3ccc(C(C)C)cc3)c3[nH]c4ccccc4c3C[C@H]2C1=O. The lowest BCUT2D eigenvalue weighted by molar-refractivity contribution is -0.158. The first-order valence-electron chi connectivity index (χ1n) is 12.1. The zero-order valence-electron chi connectivity index (χ0n) is 20.0. The molecule has 2 aliphatic rings. The van der Waals surface area contributed by atoms with Gasteiger partial charge in [0.1, 0.15) is 6.04 Å². The van der Waals surface area contributed by atoms with E-state index < -0.39 is 6.04 Å². The Morgan fingerprint density at radius 2 is 1.73 bits per heavy atom. The number of hydrogen-bond donors (Lipinski definition) is 1. The molecule has 3 aromatic rings. The monoisotopic (exact) mass is 443 g/mol. The van der Waals surface area contributed by atoms with Crippen LogP contribution in [-0.4, -0.2) is 45.7 Å². The fourth-order valence-electron chi connectivity index (χ4n) is 5.34. The van der Waals surface area contributed by atoms with E-state index in [-0.39, 0.29) is 24.4 Å². The summed E-state index contributed by atoms with van der Waals surface area (Å²) in [5.41, 5.74) is 5.58. The van der Waals surface area contributed by atoms with Crippen molar-refractivity contribution in [1.82, 2.24) is 14.8 Å². The number of aromatic amines is 1. The third-order valence-electron chi connectivity index (χ3n) is 7.24. The molecule has 1 N–H and O–H groups in total. The highest BCUT2D eigenvalue weighted by molar-refractivity contribution is 5.97. The maximum atomic E-state index is 13.6. The highest BCUT2D eigenvalue weighted by atomic mass is 16.2. The number of H-pyrrole nitrogens is 1. The average Bonchev–Trinajstić information content (AvgIpc) is 3.17. The summed E-state index contributed by atoms with van der Waals surface area (Å²) in [6.07, 6.45) is 1.47. The van der Waals surface area contributed by atoms with Gasteiger partial charge in [0.25, 0.3) is 0 Å². The second-order valence-corrected chi connectivity index (χ2v) is 10.2. The van der Waals surface area contributed by atoms with Gasteiger partial charge < -0.3 is 14.8 Å². The van der Waals surface area contributed by atoms with Gasteiger partial charge in [-0.3, -0.25) is 9.59 Å². The number of aromatic nitrogens is 1. The highest BCUT2D eigenvalue weighted by Crippen LogP contribution is 2.42. The first-order chi connectivity index (χ1) is 15.8. The normalized spacial score (nSPS) is 20.7. The topological polar surface area (TPSA) is 56.4 Å². The number of benzene rings is 2. The van der Waals surface area contributed by atoms with Gasteiger partial charge in [-0.2, -0.15) is 0 Å². The Labute approximate surface area is 195 Å². The van der Waals surface area contributed by atoms with Crippen molar-refractivity contribution in [1.29, 1.82) is 0 Å². The lowest BCUT2D eigenvalue weighted by atomic mass is 9.85. The molecule has 2 aliphatic heterocycles. The molecule has 172 valence electrons. The van der Waals surface area contributed by atoms with Gasteiger partial charge in [0.2, 0.25) is 11.8 Å². The molecular formula is C28H33N3O2. The minimum atomic E-state index is -0.458. The van der Waals surface area contributed by atoms with Crippen LogP contribution in [0.25, 0.3) is 10.9 Å². The molecular weight excluding hydrogens is 410 g/mol. The van der Waals surface area contributed by atoms with Gasteiger partial charge in [-0.25, -0.2) is 0 Å². The number of carbonyl (C=O) groups excluding carboxylic acids is 2.